The van der Waals surface area contributed by atoms with Crippen LogP contribution in [0, 0.1) is 0 Å². The number of aliphatic hydroxyl groups is 1. The maximum Gasteiger partial charge on any atom is 0.250 e. The molecule has 2 fully saturated rings. The highest BCUT2D eigenvalue weighted by atomic mass is 16.3. The van der Waals surface area contributed by atoms with E-state index in [4.69, 9.17) is 0 Å². The molecule has 0 saturated carbocycles. The van der Waals surface area contributed by atoms with E-state index >= 15 is 0 Å². The summed E-state index contributed by atoms with van der Waals surface area (Å²) in [6, 6.07) is 9.29. The molecule has 5 heteroatoms. The van der Waals surface area contributed by atoms with Crippen LogP contribution in [0.4, 0.5) is 5.69 Å². The van der Waals surface area contributed by atoms with Crippen LogP contribution < -0.4 is 15.5 Å². The average molecular weight is 247 g/mol. The molecular formula is C13H17N3O2. The third kappa shape index (κ3) is 1.71. The second kappa shape index (κ2) is 4.35. The molecule has 5 nitrogen and oxygen atoms in total. The van der Waals surface area contributed by atoms with E-state index in [0.717, 1.165) is 18.8 Å². The highest BCUT2D eigenvalue weighted by Crippen LogP contribution is 2.31. The van der Waals surface area contributed by atoms with E-state index in [0.29, 0.717) is 12.8 Å². The van der Waals surface area contributed by atoms with Gasteiger partial charge in [-0.2, -0.15) is 0 Å². The molecule has 1 aromatic carbocycles. The predicted molar refractivity (Wildman–Crippen MR) is 67.9 cm³/mol. The standard InChI is InChI=1S/C13H17N3O2/c17-11-13(6-8-14-9-7-13)15-12(18)16(11)10-4-2-1-3-5-10/h1-5,12,14-15,18H,6-9H2. The third-order valence-electron chi connectivity index (χ3n) is 3.77. The first kappa shape index (κ1) is 11.6. The number of carbonyl (C=O) groups excluding carboxylic acids is 1. The summed E-state index contributed by atoms with van der Waals surface area (Å²) in [7, 11) is 0. The first-order valence-corrected chi connectivity index (χ1v) is 6.28. The van der Waals surface area contributed by atoms with Gasteiger partial charge in [0.25, 0.3) is 5.91 Å². The Morgan fingerprint density at radius 1 is 1.22 bits per heavy atom. The number of hydrogen-bond donors (Lipinski definition) is 3. The lowest BCUT2D eigenvalue weighted by Gasteiger charge is -2.31. The predicted octanol–water partition coefficient (Wildman–Crippen LogP) is 0.0209. The molecule has 1 unspecified atom stereocenters. The topological polar surface area (TPSA) is 64.6 Å². The molecule has 0 aliphatic carbocycles. The van der Waals surface area contributed by atoms with Crippen molar-refractivity contribution in [3.63, 3.8) is 0 Å². The summed E-state index contributed by atoms with van der Waals surface area (Å²) in [6.45, 7) is 1.60. The van der Waals surface area contributed by atoms with Crippen LogP contribution >= 0.6 is 0 Å². The Balaban J connectivity index is 1.91. The Morgan fingerprint density at radius 2 is 1.89 bits per heavy atom. The van der Waals surface area contributed by atoms with Crippen LogP contribution in [0.3, 0.4) is 0 Å². The van der Waals surface area contributed by atoms with Crippen LogP contribution in [-0.2, 0) is 4.79 Å². The zero-order valence-electron chi connectivity index (χ0n) is 10.1. The van der Waals surface area contributed by atoms with Crippen LogP contribution in [0.5, 0.6) is 0 Å². The van der Waals surface area contributed by atoms with Gasteiger partial charge in [0, 0.05) is 5.69 Å². The van der Waals surface area contributed by atoms with Gasteiger partial charge >= 0.3 is 0 Å². The molecule has 0 bridgehead atoms. The van der Waals surface area contributed by atoms with Crippen molar-refractivity contribution < 1.29 is 9.90 Å². The van der Waals surface area contributed by atoms with Crippen molar-refractivity contribution in [2.45, 2.75) is 24.7 Å². The van der Waals surface area contributed by atoms with Crippen molar-refractivity contribution in [3.05, 3.63) is 30.3 Å². The molecular weight excluding hydrogens is 230 g/mol. The summed E-state index contributed by atoms with van der Waals surface area (Å²) in [6.07, 6.45) is 0.497. The van der Waals surface area contributed by atoms with E-state index in [1.165, 1.54) is 4.90 Å². The number of nitrogens with one attached hydrogen (secondary N) is 2. The van der Waals surface area contributed by atoms with E-state index in [2.05, 4.69) is 10.6 Å². The summed E-state index contributed by atoms with van der Waals surface area (Å²) < 4.78 is 0. The van der Waals surface area contributed by atoms with Gasteiger partial charge in [0.2, 0.25) is 0 Å². The van der Waals surface area contributed by atoms with Crippen LogP contribution in [0.15, 0.2) is 30.3 Å². The SMILES string of the molecule is O=C1N(c2ccccc2)C(O)NC12CCNCC2. The minimum atomic E-state index is -0.932. The van der Waals surface area contributed by atoms with Gasteiger partial charge in [-0.3, -0.25) is 15.0 Å². The molecule has 1 amide bonds. The molecule has 2 aliphatic rings. The molecule has 1 aromatic rings. The lowest BCUT2D eigenvalue weighted by molar-refractivity contribution is -0.123. The average Bonchev–Trinajstić information content (AvgIpc) is 2.63. The zero-order chi connectivity index (χ0) is 12.6. The zero-order valence-corrected chi connectivity index (χ0v) is 10.1. The smallest absolute Gasteiger partial charge is 0.250 e. The monoisotopic (exact) mass is 247 g/mol. The first-order chi connectivity index (χ1) is 8.73. The van der Waals surface area contributed by atoms with Crippen LogP contribution in [0.25, 0.3) is 0 Å². The second-order valence-electron chi connectivity index (χ2n) is 4.86. The number of para-hydroxylation sites is 1. The van der Waals surface area contributed by atoms with Gasteiger partial charge in [0.15, 0.2) is 6.35 Å². The number of carbonyl (C=O) groups is 1. The molecule has 18 heavy (non-hydrogen) atoms. The second-order valence-corrected chi connectivity index (χ2v) is 4.86. The largest absolute Gasteiger partial charge is 0.360 e. The number of anilines is 1. The van der Waals surface area contributed by atoms with E-state index < -0.39 is 11.9 Å². The number of benzene rings is 1. The highest BCUT2D eigenvalue weighted by Gasteiger charge is 2.51. The van der Waals surface area contributed by atoms with Gasteiger partial charge in [-0.1, -0.05) is 18.2 Å². The Kier molecular flexibility index (Phi) is 2.81. The summed E-state index contributed by atoms with van der Waals surface area (Å²) >= 11 is 0. The number of rotatable bonds is 1. The van der Waals surface area contributed by atoms with Crippen molar-refractivity contribution >= 4 is 11.6 Å². The van der Waals surface area contributed by atoms with Crippen LogP contribution in [-0.4, -0.2) is 36.0 Å². The van der Waals surface area contributed by atoms with Gasteiger partial charge in [-0.05, 0) is 38.1 Å². The Hall–Kier alpha value is -1.43. The van der Waals surface area contributed by atoms with Gasteiger partial charge in [0.05, 0.1) is 0 Å². The van der Waals surface area contributed by atoms with E-state index in [9.17, 15) is 9.90 Å². The number of aliphatic hydroxyl groups excluding tert-OH is 1. The van der Waals surface area contributed by atoms with Crippen molar-refractivity contribution in [1.29, 1.82) is 0 Å². The summed E-state index contributed by atoms with van der Waals surface area (Å²) in [4.78, 5) is 14.0. The highest BCUT2D eigenvalue weighted by molar-refractivity contribution is 6.02. The molecule has 3 rings (SSSR count). The molecule has 96 valence electrons. The fourth-order valence-electron chi connectivity index (χ4n) is 2.77. The molecule has 2 saturated heterocycles. The Labute approximate surface area is 106 Å². The molecule has 0 aromatic heterocycles. The molecule has 1 atom stereocenters. The van der Waals surface area contributed by atoms with Gasteiger partial charge in [0.1, 0.15) is 5.54 Å². The van der Waals surface area contributed by atoms with E-state index in [-0.39, 0.29) is 5.91 Å². The minimum absolute atomic E-state index is 0.0253. The number of piperidine rings is 1. The van der Waals surface area contributed by atoms with Crippen molar-refractivity contribution in [1.82, 2.24) is 10.6 Å². The van der Waals surface area contributed by atoms with Crippen molar-refractivity contribution in [3.8, 4) is 0 Å². The van der Waals surface area contributed by atoms with E-state index in [1.807, 2.05) is 30.3 Å². The lowest BCUT2D eigenvalue weighted by Crippen LogP contribution is -2.54. The van der Waals surface area contributed by atoms with Crippen molar-refractivity contribution in [2.24, 2.45) is 0 Å². The normalized spacial score (nSPS) is 26.8. The van der Waals surface area contributed by atoms with Gasteiger partial charge < -0.3 is 10.4 Å². The lowest BCUT2D eigenvalue weighted by atomic mass is 9.88. The molecule has 3 N–H and O–H groups in total. The minimum Gasteiger partial charge on any atom is -0.360 e. The molecule has 1 spiro atoms. The van der Waals surface area contributed by atoms with Gasteiger partial charge in [-0.15, -0.1) is 0 Å². The van der Waals surface area contributed by atoms with Crippen molar-refractivity contribution in [2.75, 3.05) is 18.0 Å². The van der Waals surface area contributed by atoms with Gasteiger partial charge in [-0.25, -0.2) is 0 Å². The quantitative estimate of drug-likeness (QED) is 0.654. The Morgan fingerprint density at radius 3 is 2.56 bits per heavy atom. The van der Waals surface area contributed by atoms with Crippen LogP contribution in [0.2, 0.25) is 0 Å². The summed E-state index contributed by atoms with van der Waals surface area (Å²) in [5.41, 5.74) is 0.137. The number of amides is 1. The number of nitrogens with zero attached hydrogens (tertiary/aromatic N) is 1. The maximum atomic E-state index is 12.6. The van der Waals surface area contributed by atoms with Crippen LogP contribution in [0.1, 0.15) is 12.8 Å². The maximum absolute atomic E-state index is 12.6. The number of hydrogen-bond acceptors (Lipinski definition) is 4. The fraction of sp³-hybridized carbons (Fsp3) is 0.462. The molecule has 2 aliphatic heterocycles. The molecule has 2 heterocycles. The van der Waals surface area contributed by atoms with E-state index in [1.54, 1.807) is 0 Å². The Bertz CT molecular complexity index is 443. The first-order valence-electron chi connectivity index (χ1n) is 6.28. The molecule has 0 radical (unpaired) electrons. The summed E-state index contributed by atoms with van der Waals surface area (Å²) in [5, 5.41) is 16.4. The summed E-state index contributed by atoms with van der Waals surface area (Å²) in [5.74, 6) is -0.0253. The fourth-order valence-corrected chi connectivity index (χ4v) is 2.77. The third-order valence-corrected chi connectivity index (χ3v) is 3.77.